The Bertz CT molecular complexity index is 512. The van der Waals surface area contributed by atoms with E-state index < -0.39 is 5.97 Å². The van der Waals surface area contributed by atoms with Crippen LogP contribution in [0.1, 0.15) is 37.2 Å². The number of hydrogen-bond acceptors (Lipinski definition) is 3. The predicted molar refractivity (Wildman–Crippen MR) is 76.8 cm³/mol. The zero-order valence-electron chi connectivity index (χ0n) is 12.5. The number of nitrogens with zero attached hydrogens (tertiary/aromatic N) is 1. The van der Waals surface area contributed by atoms with Crippen molar-refractivity contribution in [3.8, 4) is 0 Å². The van der Waals surface area contributed by atoms with Gasteiger partial charge in [0.25, 0.3) is 0 Å². The lowest BCUT2D eigenvalue weighted by Crippen LogP contribution is -2.45. The zero-order chi connectivity index (χ0) is 15.4. The first-order chi connectivity index (χ1) is 9.95. The lowest BCUT2D eigenvalue weighted by molar-refractivity contribution is -0.143. The third-order valence-electron chi connectivity index (χ3n) is 3.89. The molecule has 1 fully saturated rings. The number of rotatable bonds is 4. The highest BCUT2D eigenvalue weighted by Gasteiger charge is 2.28. The first-order valence-corrected chi connectivity index (χ1v) is 7.25. The van der Waals surface area contributed by atoms with Gasteiger partial charge >= 0.3 is 12.0 Å². The lowest BCUT2D eigenvalue weighted by Gasteiger charge is -2.29. The second kappa shape index (κ2) is 6.65. The molecule has 0 spiro atoms. The number of aryl methyl sites for hydroxylation is 1. The van der Waals surface area contributed by atoms with Gasteiger partial charge in [0.15, 0.2) is 0 Å². The molecule has 1 saturated carbocycles. The lowest BCUT2D eigenvalue weighted by atomic mass is 9.86. The summed E-state index contributed by atoms with van der Waals surface area (Å²) in [7, 11) is 1.70. The summed E-state index contributed by atoms with van der Waals surface area (Å²) in [5, 5.41) is 12.0. The molecule has 2 atom stereocenters. The van der Waals surface area contributed by atoms with Crippen molar-refractivity contribution < 1.29 is 19.1 Å². The van der Waals surface area contributed by atoms with E-state index >= 15 is 0 Å². The van der Waals surface area contributed by atoms with Crippen molar-refractivity contribution in [3.05, 3.63) is 23.7 Å². The summed E-state index contributed by atoms with van der Waals surface area (Å²) in [5.74, 6) is 0.433. The number of furan rings is 1. The SMILES string of the molecule is Cc1ccc(CN(C)C(=O)NC2CCCC(C(=O)O)C2)o1. The van der Waals surface area contributed by atoms with Crippen molar-refractivity contribution >= 4 is 12.0 Å². The molecule has 2 N–H and O–H groups in total. The van der Waals surface area contributed by atoms with Crippen LogP contribution in [0.5, 0.6) is 0 Å². The van der Waals surface area contributed by atoms with Gasteiger partial charge in [-0.2, -0.15) is 0 Å². The topological polar surface area (TPSA) is 82.8 Å². The van der Waals surface area contributed by atoms with Crippen LogP contribution in [0.3, 0.4) is 0 Å². The Hall–Kier alpha value is -1.98. The number of carbonyl (C=O) groups excluding carboxylic acids is 1. The molecule has 0 aliphatic heterocycles. The molecule has 0 radical (unpaired) electrons. The molecule has 0 saturated heterocycles. The number of carboxylic acids is 1. The maximum absolute atomic E-state index is 12.1. The molecule has 2 unspecified atom stereocenters. The van der Waals surface area contributed by atoms with Crippen LogP contribution in [-0.2, 0) is 11.3 Å². The van der Waals surface area contributed by atoms with Gasteiger partial charge in [0, 0.05) is 13.1 Å². The third kappa shape index (κ3) is 4.24. The number of hydrogen-bond donors (Lipinski definition) is 2. The van der Waals surface area contributed by atoms with Crippen molar-refractivity contribution in [2.45, 2.75) is 45.2 Å². The smallest absolute Gasteiger partial charge is 0.317 e. The summed E-state index contributed by atoms with van der Waals surface area (Å²) in [6.07, 6.45) is 2.88. The minimum Gasteiger partial charge on any atom is -0.481 e. The Morgan fingerprint density at radius 2 is 2.19 bits per heavy atom. The molecule has 2 amide bonds. The van der Waals surface area contributed by atoms with E-state index in [4.69, 9.17) is 9.52 Å². The molecule has 6 nitrogen and oxygen atoms in total. The highest BCUT2D eigenvalue weighted by atomic mass is 16.4. The van der Waals surface area contributed by atoms with Gasteiger partial charge in [0.05, 0.1) is 12.5 Å². The Morgan fingerprint density at radius 1 is 1.43 bits per heavy atom. The molecule has 2 rings (SSSR count). The Kier molecular flexibility index (Phi) is 4.88. The molecular weight excluding hydrogens is 272 g/mol. The number of urea groups is 1. The fourth-order valence-corrected chi connectivity index (χ4v) is 2.71. The molecule has 1 aromatic heterocycles. The van der Waals surface area contributed by atoms with Crippen molar-refractivity contribution in [2.24, 2.45) is 5.92 Å². The van der Waals surface area contributed by atoms with Gasteiger partial charge in [-0.1, -0.05) is 6.42 Å². The average molecular weight is 294 g/mol. The molecule has 0 aromatic carbocycles. The van der Waals surface area contributed by atoms with Gasteiger partial charge in [-0.25, -0.2) is 4.79 Å². The van der Waals surface area contributed by atoms with E-state index in [-0.39, 0.29) is 18.0 Å². The zero-order valence-corrected chi connectivity index (χ0v) is 12.5. The number of carbonyl (C=O) groups is 2. The number of aliphatic carboxylic acids is 1. The van der Waals surface area contributed by atoms with Gasteiger partial charge in [-0.3, -0.25) is 4.79 Å². The fourth-order valence-electron chi connectivity index (χ4n) is 2.71. The molecule has 21 heavy (non-hydrogen) atoms. The van der Waals surface area contributed by atoms with Crippen molar-refractivity contribution in [2.75, 3.05) is 7.05 Å². The van der Waals surface area contributed by atoms with E-state index in [9.17, 15) is 9.59 Å². The first-order valence-electron chi connectivity index (χ1n) is 7.25. The molecule has 0 bridgehead atoms. The third-order valence-corrected chi connectivity index (χ3v) is 3.89. The molecule has 1 heterocycles. The van der Waals surface area contributed by atoms with Gasteiger partial charge in [-0.05, 0) is 38.3 Å². The van der Waals surface area contributed by atoms with Crippen LogP contribution < -0.4 is 5.32 Å². The van der Waals surface area contributed by atoms with Crippen LogP contribution in [0, 0.1) is 12.8 Å². The first kappa shape index (κ1) is 15.4. The van der Waals surface area contributed by atoms with Crippen molar-refractivity contribution in [1.82, 2.24) is 10.2 Å². The van der Waals surface area contributed by atoms with Gasteiger partial charge in [-0.15, -0.1) is 0 Å². The Labute approximate surface area is 124 Å². The number of carboxylic acid groups (broad SMARTS) is 1. The Morgan fingerprint density at radius 3 is 2.81 bits per heavy atom. The maximum atomic E-state index is 12.1. The van der Waals surface area contributed by atoms with Crippen LogP contribution in [0.4, 0.5) is 4.79 Å². The maximum Gasteiger partial charge on any atom is 0.317 e. The molecule has 1 aromatic rings. The molecule has 6 heteroatoms. The molecule has 116 valence electrons. The summed E-state index contributed by atoms with van der Waals surface area (Å²) < 4.78 is 5.44. The van der Waals surface area contributed by atoms with Crippen molar-refractivity contribution in [3.63, 3.8) is 0 Å². The largest absolute Gasteiger partial charge is 0.481 e. The Balaban J connectivity index is 1.84. The summed E-state index contributed by atoms with van der Waals surface area (Å²) in [6, 6.07) is 3.45. The fraction of sp³-hybridized carbons (Fsp3) is 0.600. The normalized spacial score (nSPS) is 21.8. The summed E-state index contributed by atoms with van der Waals surface area (Å²) in [6.45, 7) is 2.26. The van der Waals surface area contributed by atoms with Gasteiger partial charge in [0.1, 0.15) is 11.5 Å². The van der Waals surface area contributed by atoms with E-state index in [0.29, 0.717) is 19.4 Å². The average Bonchev–Trinajstić information content (AvgIpc) is 2.84. The second-order valence-corrected chi connectivity index (χ2v) is 5.72. The van der Waals surface area contributed by atoms with Crippen LogP contribution >= 0.6 is 0 Å². The summed E-state index contributed by atoms with van der Waals surface area (Å²) in [4.78, 5) is 24.7. The molecule has 1 aliphatic rings. The van der Waals surface area contributed by atoms with E-state index in [1.54, 1.807) is 11.9 Å². The minimum absolute atomic E-state index is 0.0619. The second-order valence-electron chi connectivity index (χ2n) is 5.72. The highest BCUT2D eigenvalue weighted by molar-refractivity contribution is 5.74. The van der Waals surface area contributed by atoms with E-state index in [2.05, 4.69) is 5.32 Å². The minimum atomic E-state index is -0.770. The molecule has 1 aliphatic carbocycles. The number of nitrogens with one attached hydrogen (secondary N) is 1. The quantitative estimate of drug-likeness (QED) is 0.893. The van der Waals surface area contributed by atoms with Crippen LogP contribution in [0.2, 0.25) is 0 Å². The predicted octanol–water partition coefficient (Wildman–Crippen LogP) is 2.37. The van der Waals surface area contributed by atoms with Crippen LogP contribution in [-0.4, -0.2) is 35.1 Å². The standard InChI is InChI=1S/C15H22N2O4/c1-10-6-7-13(21-10)9-17(2)15(20)16-12-5-3-4-11(8-12)14(18)19/h6-7,11-12H,3-5,8-9H2,1-2H3,(H,16,20)(H,18,19). The van der Waals surface area contributed by atoms with E-state index in [1.807, 2.05) is 19.1 Å². The van der Waals surface area contributed by atoms with E-state index in [1.165, 1.54) is 0 Å². The van der Waals surface area contributed by atoms with Crippen molar-refractivity contribution in [1.29, 1.82) is 0 Å². The van der Waals surface area contributed by atoms with Crippen LogP contribution in [0.15, 0.2) is 16.5 Å². The van der Waals surface area contributed by atoms with Crippen LogP contribution in [0.25, 0.3) is 0 Å². The number of amides is 2. The van der Waals surface area contributed by atoms with Gasteiger partial charge in [0.2, 0.25) is 0 Å². The monoisotopic (exact) mass is 294 g/mol. The highest BCUT2D eigenvalue weighted by Crippen LogP contribution is 2.24. The van der Waals surface area contributed by atoms with E-state index in [0.717, 1.165) is 24.4 Å². The summed E-state index contributed by atoms with van der Waals surface area (Å²) in [5.41, 5.74) is 0. The summed E-state index contributed by atoms with van der Waals surface area (Å²) >= 11 is 0. The van der Waals surface area contributed by atoms with Gasteiger partial charge < -0.3 is 19.7 Å². The molecular formula is C15H22N2O4.